The first-order valence-electron chi connectivity index (χ1n) is 13.7. The predicted molar refractivity (Wildman–Crippen MR) is 144 cm³/mol. The van der Waals surface area contributed by atoms with E-state index in [4.69, 9.17) is 4.74 Å². The number of carbonyl (C=O) groups is 2. The zero-order valence-electron chi connectivity index (χ0n) is 22.4. The highest BCUT2D eigenvalue weighted by molar-refractivity contribution is 6.02. The van der Waals surface area contributed by atoms with Gasteiger partial charge in [-0.15, -0.1) is 0 Å². The lowest BCUT2D eigenvalue weighted by Crippen LogP contribution is -2.40. The molecule has 1 unspecified atom stereocenters. The molecule has 3 rings (SSSR count). The van der Waals surface area contributed by atoms with Gasteiger partial charge in [-0.1, -0.05) is 76.5 Å². The van der Waals surface area contributed by atoms with Crippen molar-refractivity contribution in [2.24, 2.45) is 0 Å². The van der Waals surface area contributed by atoms with Gasteiger partial charge in [0, 0.05) is 34.6 Å². The fraction of sp³-hybridized carbons (Fsp3) is 0.586. The number of esters is 1. The molecule has 202 valence electrons. The molecule has 1 fully saturated rings. The molecule has 0 aromatic heterocycles. The van der Waals surface area contributed by atoms with E-state index in [-0.39, 0.29) is 29.8 Å². The van der Waals surface area contributed by atoms with Crippen LogP contribution in [0.15, 0.2) is 46.8 Å². The summed E-state index contributed by atoms with van der Waals surface area (Å²) < 4.78 is 5.67. The SMILES string of the molecule is CCCCCCCCCOC(=O)C1=C(C)NC(C)=C(C(=O)NC2CCCC2)C1c1ccccc1[N+](=O)[O-]. The highest BCUT2D eigenvalue weighted by Gasteiger charge is 2.40. The van der Waals surface area contributed by atoms with Crippen LogP contribution >= 0.6 is 0 Å². The van der Waals surface area contributed by atoms with Crippen LogP contribution in [0.5, 0.6) is 0 Å². The number of nitro groups is 1. The molecule has 1 aromatic rings. The Bertz CT molecular complexity index is 1040. The summed E-state index contributed by atoms with van der Waals surface area (Å²) in [6.07, 6.45) is 11.6. The van der Waals surface area contributed by atoms with Crippen molar-refractivity contribution in [2.45, 2.75) is 103 Å². The number of amides is 1. The number of rotatable bonds is 13. The van der Waals surface area contributed by atoms with Crippen LogP contribution < -0.4 is 10.6 Å². The average molecular weight is 512 g/mol. The molecule has 1 saturated carbocycles. The van der Waals surface area contributed by atoms with Gasteiger partial charge in [-0.25, -0.2) is 4.79 Å². The summed E-state index contributed by atoms with van der Waals surface area (Å²) in [6.45, 7) is 5.99. The lowest BCUT2D eigenvalue weighted by molar-refractivity contribution is -0.385. The van der Waals surface area contributed by atoms with E-state index >= 15 is 0 Å². The summed E-state index contributed by atoms with van der Waals surface area (Å²) in [7, 11) is 0. The van der Waals surface area contributed by atoms with Crippen molar-refractivity contribution in [2.75, 3.05) is 6.61 Å². The van der Waals surface area contributed by atoms with Crippen molar-refractivity contribution in [3.63, 3.8) is 0 Å². The van der Waals surface area contributed by atoms with Crippen LogP contribution in [0.2, 0.25) is 0 Å². The van der Waals surface area contributed by atoms with Crippen LogP contribution in [0.4, 0.5) is 5.69 Å². The Kier molecular flexibility index (Phi) is 10.7. The highest BCUT2D eigenvalue weighted by atomic mass is 16.6. The second-order valence-corrected chi connectivity index (χ2v) is 10.2. The summed E-state index contributed by atoms with van der Waals surface area (Å²) in [4.78, 5) is 38.5. The quantitative estimate of drug-likeness (QED) is 0.142. The number of hydrogen-bond acceptors (Lipinski definition) is 6. The number of ether oxygens (including phenoxy) is 1. The maximum absolute atomic E-state index is 13.6. The molecule has 1 aliphatic carbocycles. The number of nitrogens with zero attached hydrogens (tertiary/aromatic N) is 1. The van der Waals surface area contributed by atoms with Gasteiger partial charge in [-0.05, 0) is 33.1 Å². The van der Waals surface area contributed by atoms with E-state index in [1.54, 1.807) is 32.0 Å². The molecule has 0 bridgehead atoms. The molecule has 8 nitrogen and oxygen atoms in total. The van der Waals surface area contributed by atoms with Gasteiger partial charge in [-0.3, -0.25) is 14.9 Å². The number of benzene rings is 1. The van der Waals surface area contributed by atoms with E-state index in [1.807, 2.05) is 0 Å². The van der Waals surface area contributed by atoms with E-state index in [0.717, 1.165) is 44.9 Å². The monoisotopic (exact) mass is 511 g/mol. The largest absolute Gasteiger partial charge is 0.462 e. The number of hydrogen-bond donors (Lipinski definition) is 2. The molecule has 1 atom stereocenters. The van der Waals surface area contributed by atoms with Gasteiger partial charge in [0.1, 0.15) is 0 Å². The van der Waals surface area contributed by atoms with Crippen LogP contribution in [-0.4, -0.2) is 29.4 Å². The third-order valence-corrected chi connectivity index (χ3v) is 7.34. The Morgan fingerprint density at radius 2 is 1.62 bits per heavy atom. The van der Waals surface area contributed by atoms with Crippen molar-refractivity contribution in [3.8, 4) is 0 Å². The first-order valence-corrected chi connectivity index (χ1v) is 13.7. The lowest BCUT2D eigenvalue weighted by Gasteiger charge is -2.31. The smallest absolute Gasteiger partial charge is 0.336 e. The Balaban J connectivity index is 1.85. The van der Waals surface area contributed by atoms with Crippen molar-refractivity contribution >= 4 is 17.6 Å². The highest BCUT2D eigenvalue weighted by Crippen LogP contribution is 2.42. The zero-order valence-corrected chi connectivity index (χ0v) is 22.4. The molecular weight excluding hydrogens is 470 g/mol. The average Bonchev–Trinajstić information content (AvgIpc) is 3.37. The van der Waals surface area contributed by atoms with Crippen LogP contribution in [0, 0.1) is 10.1 Å². The van der Waals surface area contributed by atoms with Gasteiger partial charge in [0.15, 0.2) is 0 Å². The fourth-order valence-electron chi connectivity index (χ4n) is 5.41. The molecule has 1 aromatic carbocycles. The molecular formula is C29H41N3O5. The number of nitrogens with one attached hydrogen (secondary N) is 2. The first kappa shape index (κ1) is 28.4. The van der Waals surface area contributed by atoms with Crippen LogP contribution in [0.25, 0.3) is 0 Å². The van der Waals surface area contributed by atoms with Gasteiger partial charge >= 0.3 is 5.97 Å². The van der Waals surface area contributed by atoms with E-state index in [9.17, 15) is 19.7 Å². The second kappa shape index (κ2) is 14.0. The maximum atomic E-state index is 13.6. The van der Waals surface area contributed by atoms with E-state index in [1.165, 1.54) is 31.7 Å². The second-order valence-electron chi connectivity index (χ2n) is 10.2. The zero-order chi connectivity index (χ0) is 26.8. The molecule has 2 N–H and O–H groups in total. The van der Waals surface area contributed by atoms with Gasteiger partial charge in [0.05, 0.1) is 23.0 Å². The van der Waals surface area contributed by atoms with Crippen molar-refractivity contribution < 1.29 is 19.2 Å². The normalized spacial score (nSPS) is 18.1. The molecule has 0 saturated heterocycles. The molecule has 37 heavy (non-hydrogen) atoms. The van der Waals surface area contributed by atoms with Crippen LogP contribution in [0.1, 0.15) is 103 Å². The molecule has 0 radical (unpaired) electrons. The first-order chi connectivity index (χ1) is 17.8. The summed E-state index contributed by atoms with van der Waals surface area (Å²) in [5.74, 6) is -1.74. The third-order valence-electron chi connectivity index (χ3n) is 7.34. The minimum absolute atomic E-state index is 0.0685. The number of nitro benzene ring substituents is 1. The number of carbonyl (C=O) groups excluding carboxylic acids is 2. The van der Waals surface area contributed by atoms with Gasteiger partial charge in [0.2, 0.25) is 5.91 Å². The van der Waals surface area contributed by atoms with Crippen LogP contribution in [0.3, 0.4) is 0 Å². The Morgan fingerprint density at radius 3 is 2.30 bits per heavy atom. The minimum atomic E-state index is -0.897. The van der Waals surface area contributed by atoms with E-state index in [0.29, 0.717) is 22.5 Å². The van der Waals surface area contributed by atoms with Crippen molar-refractivity contribution in [3.05, 3.63) is 62.5 Å². The standard InChI is InChI=1S/C29H41N3O5/c1-4-5-6-7-8-9-14-19-37-29(34)26-21(3)30-20(2)25(28(33)31-22-15-10-11-16-22)27(26)23-17-12-13-18-24(23)32(35)36/h12-13,17-18,22,27,30H,4-11,14-16,19H2,1-3H3,(H,31,33). The molecule has 8 heteroatoms. The summed E-state index contributed by atoms with van der Waals surface area (Å²) >= 11 is 0. The van der Waals surface area contributed by atoms with Gasteiger partial charge in [0.25, 0.3) is 5.69 Å². The number of para-hydroxylation sites is 1. The third kappa shape index (κ3) is 7.43. The number of allylic oxidation sites excluding steroid dienone is 2. The van der Waals surface area contributed by atoms with E-state index in [2.05, 4.69) is 17.6 Å². The Labute approximate surface area is 220 Å². The molecule has 1 aliphatic heterocycles. The predicted octanol–water partition coefficient (Wildman–Crippen LogP) is 6.18. The summed E-state index contributed by atoms with van der Waals surface area (Å²) in [5.41, 5.74) is 1.89. The Morgan fingerprint density at radius 1 is 1.00 bits per heavy atom. The molecule has 0 spiro atoms. The summed E-state index contributed by atoms with van der Waals surface area (Å²) in [6, 6.07) is 6.39. The topological polar surface area (TPSA) is 111 Å². The van der Waals surface area contributed by atoms with Crippen molar-refractivity contribution in [1.82, 2.24) is 10.6 Å². The fourth-order valence-corrected chi connectivity index (χ4v) is 5.41. The minimum Gasteiger partial charge on any atom is -0.462 e. The molecule has 1 amide bonds. The maximum Gasteiger partial charge on any atom is 0.336 e. The van der Waals surface area contributed by atoms with Gasteiger partial charge in [-0.2, -0.15) is 0 Å². The van der Waals surface area contributed by atoms with Crippen LogP contribution in [-0.2, 0) is 14.3 Å². The molecule has 2 aliphatic rings. The Hall–Kier alpha value is -3.16. The summed E-state index contributed by atoms with van der Waals surface area (Å²) in [5, 5.41) is 18.2. The lowest BCUT2D eigenvalue weighted by atomic mass is 9.79. The van der Waals surface area contributed by atoms with Crippen molar-refractivity contribution in [1.29, 1.82) is 0 Å². The molecule has 1 heterocycles. The van der Waals surface area contributed by atoms with E-state index < -0.39 is 16.8 Å². The number of unbranched alkanes of at least 4 members (excludes halogenated alkanes) is 6. The van der Waals surface area contributed by atoms with Gasteiger partial charge < -0.3 is 15.4 Å². The number of dihydropyridines is 1.